The molecule has 0 N–H and O–H groups in total. The van der Waals surface area contributed by atoms with Crippen molar-refractivity contribution >= 4 is 16.3 Å². The molecule has 2 heterocycles. The van der Waals surface area contributed by atoms with Gasteiger partial charge in [-0.2, -0.15) is 5.26 Å². The molecule has 0 radical (unpaired) electrons. The van der Waals surface area contributed by atoms with Crippen LogP contribution in [-0.4, -0.2) is 16.5 Å². The first-order chi connectivity index (χ1) is 10.7. The molecule has 0 aliphatic heterocycles. The normalized spacial score (nSPS) is 11.0. The molecular formula is C17H17N3OS. The van der Waals surface area contributed by atoms with Crippen molar-refractivity contribution < 1.29 is 4.74 Å². The van der Waals surface area contributed by atoms with Gasteiger partial charge in [-0.05, 0) is 18.1 Å². The smallest absolute Gasteiger partial charge is 0.194 e. The highest BCUT2D eigenvalue weighted by atomic mass is 32.1. The third-order valence-electron chi connectivity index (χ3n) is 3.65. The van der Waals surface area contributed by atoms with Gasteiger partial charge in [0.2, 0.25) is 0 Å². The number of nitriles is 1. The van der Waals surface area contributed by atoms with Crippen LogP contribution in [0.15, 0.2) is 29.6 Å². The van der Waals surface area contributed by atoms with Gasteiger partial charge in [-0.15, -0.1) is 11.3 Å². The molecule has 0 amide bonds. The molecule has 0 saturated heterocycles. The molecule has 22 heavy (non-hydrogen) atoms. The molecule has 0 fully saturated rings. The highest BCUT2D eigenvalue weighted by Gasteiger charge is 2.19. The van der Waals surface area contributed by atoms with E-state index in [1.54, 1.807) is 18.4 Å². The van der Waals surface area contributed by atoms with E-state index in [4.69, 9.17) is 9.72 Å². The predicted molar refractivity (Wildman–Crippen MR) is 88.5 cm³/mol. The summed E-state index contributed by atoms with van der Waals surface area (Å²) < 4.78 is 7.42. The Bertz CT molecular complexity index is 855. The van der Waals surface area contributed by atoms with Gasteiger partial charge in [-0.1, -0.05) is 26.0 Å². The first-order valence-corrected chi connectivity index (χ1v) is 8.03. The van der Waals surface area contributed by atoms with E-state index in [1.165, 1.54) is 0 Å². The standard InChI is InChI=1S/C17H17N3OS/c1-11(2)16-14(7-8-18)20-15(10-22-17(20)19-16)12-5-4-6-13(9-12)21-3/h4-6,9-11H,7H2,1-3H3. The Kier molecular flexibility index (Phi) is 3.86. The van der Waals surface area contributed by atoms with Crippen LogP contribution in [0.25, 0.3) is 16.2 Å². The van der Waals surface area contributed by atoms with Gasteiger partial charge in [-0.3, -0.25) is 4.40 Å². The van der Waals surface area contributed by atoms with E-state index in [-0.39, 0.29) is 0 Å². The van der Waals surface area contributed by atoms with Gasteiger partial charge in [0.1, 0.15) is 5.75 Å². The molecule has 5 heteroatoms. The number of benzene rings is 1. The second kappa shape index (κ2) is 5.82. The largest absolute Gasteiger partial charge is 0.497 e. The van der Waals surface area contributed by atoms with Crippen molar-refractivity contribution in [1.29, 1.82) is 5.26 Å². The zero-order chi connectivity index (χ0) is 15.7. The zero-order valence-corrected chi connectivity index (χ0v) is 13.6. The van der Waals surface area contributed by atoms with Gasteiger partial charge < -0.3 is 4.74 Å². The number of thiazole rings is 1. The lowest BCUT2D eigenvalue weighted by molar-refractivity contribution is 0.415. The van der Waals surface area contributed by atoms with Gasteiger partial charge in [0, 0.05) is 10.9 Å². The van der Waals surface area contributed by atoms with Crippen LogP contribution in [0, 0.1) is 11.3 Å². The average Bonchev–Trinajstić information content (AvgIpc) is 3.08. The second-order valence-electron chi connectivity index (χ2n) is 5.40. The molecule has 0 bridgehead atoms. The monoisotopic (exact) mass is 311 g/mol. The fraction of sp³-hybridized carbons (Fsp3) is 0.294. The number of methoxy groups -OCH3 is 1. The molecule has 3 rings (SSSR count). The van der Waals surface area contributed by atoms with Crippen LogP contribution in [0.1, 0.15) is 31.2 Å². The maximum atomic E-state index is 9.18. The number of fused-ring (bicyclic) bond motifs is 1. The minimum absolute atomic E-state index is 0.300. The number of nitrogens with zero attached hydrogens (tertiary/aromatic N) is 3. The fourth-order valence-corrected chi connectivity index (χ4v) is 3.55. The van der Waals surface area contributed by atoms with E-state index in [0.29, 0.717) is 12.3 Å². The molecular weight excluding hydrogens is 294 g/mol. The summed E-state index contributed by atoms with van der Waals surface area (Å²) in [7, 11) is 1.66. The molecule has 2 aromatic heterocycles. The lowest BCUT2D eigenvalue weighted by Gasteiger charge is -2.07. The van der Waals surface area contributed by atoms with Crippen LogP contribution in [0.5, 0.6) is 5.75 Å². The molecule has 1 aromatic carbocycles. The fourth-order valence-electron chi connectivity index (χ4n) is 2.62. The molecule has 4 nitrogen and oxygen atoms in total. The number of imidazole rings is 1. The summed E-state index contributed by atoms with van der Waals surface area (Å²) in [6, 6.07) is 10.2. The Morgan fingerprint density at radius 2 is 2.23 bits per heavy atom. The van der Waals surface area contributed by atoms with Crippen molar-refractivity contribution in [3.05, 3.63) is 41.0 Å². The average molecular weight is 311 g/mol. The summed E-state index contributed by atoms with van der Waals surface area (Å²) >= 11 is 1.60. The van der Waals surface area contributed by atoms with Crippen molar-refractivity contribution in [2.24, 2.45) is 0 Å². The molecule has 0 spiro atoms. The zero-order valence-electron chi connectivity index (χ0n) is 12.8. The van der Waals surface area contributed by atoms with Crippen molar-refractivity contribution in [2.45, 2.75) is 26.2 Å². The number of hydrogen-bond donors (Lipinski definition) is 0. The van der Waals surface area contributed by atoms with Gasteiger partial charge in [-0.25, -0.2) is 4.98 Å². The van der Waals surface area contributed by atoms with Crippen LogP contribution in [0.2, 0.25) is 0 Å². The van der Waals surface area contributed by atoms with E-state index >= 15 is 0 Å². The SMILES string of the molecule is COc1cccc(-c2csc3nc(C(C)C)c(CC#N)n23)c1. The molecule has 0 saturated carbocycles. The van der Waals surface area contributed by atoms with Crippen molar-refractivity contribution in [3.63, 3.8) is 0 Å². The van der Waals surface area contributed by atoms with Crippen molar-refractivity contribution in [1.82, 2.24) is 9.38 Å². The summed E-state index contributed by atoms with van der Waals surface area (Å²) in [5, 5.41) is 11.3. The van der Waals surface area contributed by atoms with Crippen molar-refractivity contribution in [2.75, 3.05) is 7.11 Å². The Hall–Kier alpha value is -2.32. The first-order valence-electron chi connectivity index (χ1n) is 7.15. The third kappa shape index (κ3) is 2.36. The Morgan fingerprint density at radius 1 is 1.41 bits per heavy atom. The minimum atomic E-state index is 0.300. The maximum absolute atomic E-state index is 9.18. The van der Waals surface area contributed by atoms with E-state index in [1.807, 2.05) is 18.2 Å². The van der Waals surface area contributed by atoms with E-state index in [9.17, 15) is 5.26 Å². The molecule has 3 aromatic rings. The minimum Gasteiger partial charge on any atom is -0.497 e. The summed E-state index contributed by atoms with van der Waals surface area (Å²) in [6.07, 6.45) is 0.363. The molecule has 0 unspecified atom stereocenters. The summed E-state index contributed by atoms with van der Waals surface area (Å²) in [5.41, 5.74) is 4.13. The highest BCUT2D eigenvalue weighted by Crippen LogP contribution is 2.32. The van der Waals surface area contributed by atoms with Gasteiger partial charge in [0.15, 0.2) is 4.96 Å². The van der Waals surface area contributed by atoms with E-state index in [2.05, 4.69) is 35.8 Å². The summed E-state index contributed by atoms with van der Waals surface area (Å²) in [4.78, 5) is 5.66. The topological polar surface area (TPSA) is 50.3 Å². The number of aromatic nitrogens is 2. The summed E-state index contributed by atoms with van der Waals surface area (Å²) in [5.74, 6) is 1.12. The predicted octanol–water partition coefficient (Wildman–Crippen LogP) is 4.26. The molecule has 0 aliphatic rings. The second-order valence-corrected chi connectivity index (χ2v) is 6.24. The van der Waals surface area contributed by atoms with Crippen LogP contribution in [0.3, 0.4) is 0 Å². The van der Waals surface area contributed by atoms with E-state index in [0.717, 1.165) is 33.4 Å². The van der Waals surface area contributed by atoms with Crippen LogP contribution < -0.4 is 4.74 Å². The summed E-state index contributed by atoms with van der Waals surface area (Å²) in [6.45, 7) is 4.22. The van der Waals surface area contributed by atoms with Gasteiger partial charge >= 0.3 is 0 Å². The third-order valence-corrected chi connectivity index (χ3v) is 4.47. The maximum Gasteiger partial charge on any atom is 0.194 e. The first kappa shape index (κ1) is 14.6. The number of hydrogen-bond acceptors (Lipinski definition) is 4. The Labute approximate surface area is 133 Å². The number of rotatable bonds is 4. The van der Waals surface area contributed by atoms with Crippen molar-refractivity contribution in [3.8, 4) is 23.1 Å². The quantitative estimate of drug-likeness (QED) is 0.723. The highest BCUT2D eigenvalue weighted by molar-refractivity contribution is 7.15. The Balaban J connectivity index is 2.24. The Morgan fingerprint density at radius 3 is 2.91 bits per heavy atom. The molecule has 0 atom stereocenters. The van der Waals surface area contributed by atoms with Crippen LogP contribution in [0.4, 0.5) is 0 Å². The van der Waals surface area contributed by atoms with Gasteiger partial charge in [0.05, 0.1) is 36.7 Å². The van der Waals surface area contributed by atoms with E-state index < -0.39 is 0 Å². The molecule has 0 aliphatic carbocycles. The lowest BCUT2D eigenvalue weighted by Crippen LogP contribution is -1.99. The van der Waals surface area contributed by atoms with Gasteiger partial charge in [0.25, 0.3) is 0 Å². The lowest BCUT2D eigenvalue weighted by atomic mass is 10.1. The number of ether oxygens (including phenoxy) is 1. The molecule has 112 valence electrons. The van der Waals surface area contributed by atoms with Crippen LogP contribution in [-0.2, 0) is 6.42 Å². The van der Waals surface area contributed by atoms with Crippen LogP contribution >= 0.6 is 11.3 Å².